The molecule has 1 atom stereocenters. The van der Waals surface area contributed by atoms with Gasteiger partial charge in [0, 0.05) is 22.4 Å². The van der Waals surface area contributed by atoms with E-state index in [1.807, 2.05) is 23.1 Å². The van der Waals surface area contributed by atoms with Crippen LogP contribution in [0.1, 0.15) is 47.7 Å². The van der Waals surface area contributed by atoms with Crippen molar-refractivity contribution in [2.75, 3.05) is 12.8 Å². The molecule has 0 amide bonds. The first-order valence-electron chi connectivity index (χ1n) is 8.19. The van der Waals surface area contributed by atoms with E-state index in [1.54, 1.807) is 4.88 Å². The molecule has 1 saturated heterocycles. The van der Waals surface area contributed by atoms with E-state index in [2.05, 4.69) is 53.8 Å². The molecule has 22 heavy (non-hydrogen) atoms. The summed E-state index contributed by atoms with van der Waals surface area (Å²) < 4.78 is 0. The highest BCUT2D eigenvalue weighted by atomic mass is 32.2. The van der Waals surface area contributed by atoms with Crippen LogP contribution in [0, 0.1) is 6.92 Å². The molecular weight excluding hydrogens is 306 g/mol. The fourth-order valence-corrected chi connectivity index (χ4v) is 4.85. The van der Waals surface area contributed by atoms with Crippen molar-refractivity contribution in [2.24, 2.45) is 0 Å². The van der Waals surface area contributed by atoms with Gasteiger partial charge in [0.2, 0.25) is 0 Å². The Labute approximate surface area is 142 Å². The molecule has 3 heteroatoms. The topological polar surface area (TPSA) is 3.24 Å². The Morgan fingerprint density at radius 3 is 2.64 bits per heavy atom. The number of likely N-dealkylation sites (tertiary alicyclic amines) is 1. The van der Waals surface area contributed by atoms with Gasteiger partial charge in [-0.1, -0.05) is 25.0 Å². The molecule has 0 spiro atoms. The number of benzene rings is 1. The Morgan fingerprint density at radius 1 is 1.14 bits per heavy atom. The Kier molecular flexibility index (Phi) is 5.61. The molecule has 1 nitrogen and oxygen atoms in total. The number of nitrogens with zero attached hydrogens (tertiary/aromatic N) is 1. The lowest BCUT2D eigenvalue weighted by molar-refractivity contribution is 0.195. The molecule has 1 aliphatic heterocycles. The van der Waals surface area contributed by atoms with E-state index in [0.717, 1.165) is 6.54 Å². The summed E-state index contributed by atoms with van der Waals surface area (Å²) in [5, 5.41) is 2.25. The minimum absolute atomic E-state index is 0.614. The average molecular weight is 332 g/mol. The van der Waals surface area contributed by atoms with Crippen LogP contribution in [0.2, 0.25) is 0 Å². The Balaban J connectivity index is 1.79. The number of thioether (sulfide) groups is 1. The van der Waals surface area contributed by atoms with Crippen molar-refractivity contribution in [1.29, 1.82) is 0 Å². The van der Waals surface area contributed by atoms with Gasteiger partial charge in [0.1, 0.15) is 0 Å². The maximum Gasteiger partial charge on any atom is 0.0447 e. The van der Waals surface area contributed by atoms with Gasteiger partial charge in [0.15, 0.2) is 0 Å². The third kappa shape index (κ3) is 3.76. The summed E-state index contributed by atoms with van der Waals surface area (Å²) >= 11 is 3.76. The largest absolute Gasteiger partial charge is 0.291 e. The minimum atomic E-state index is 0.614. The number of thiophene rings is 1. The normalized spacial score (nSPS) is 20.0. The van der Waals surface area contributed by atoms with Crippen LogP contribution in [-0.4, -0.2) is 17.7 Å². The molecule has 2 heterocycles. The van der Waals surface area contributed by atoms with Crippen LogP contribution in [-0.2, 0) is 6.54 Å². The van der Waals surface area contributed by atoms with Crippen molar-refractivity contribution in [1.82, 2.24) is 4.90 Å². The molecule has 0 bridgehead atoms. The second-order valence-corrected chi connectivity index (χ2v) is 7.98. The van der Waals surface area contributed by atoms with Crippen molar-refractivity contribution in [3.05, 3.63) is 51.7 Å². The van der Waals surface area contributed by atoms with Crippen LogP contribution < -0.4 is 0 Å². The van der Waals surface area contributed by atoms with E-state index in [4.69, 9.17) is 0 Å². The van der Waals surface area contributed by atoms with Crippen LogP contribution in [0.3, 0.4) is 0 Å². The van der Waals surface area contributed by atoms with Gasteiger partial charge in [-0.15, -0.1) is 23.1 Å². The maximum atomic E-state index is 2.71. The van der Waals surface area contributed by atoms with Crippen molar-refractivity contribution in [2.45, 2.75) is 50.1 Å². The minimum Gasteiger partial charge on any atom is -0.291 e. The molecule has 1 aromatic carbocycles. The second kappa shape index (κ2) is 7.67. The number of hydrogen-bond donors (Lipinski definition) is 0. The third-order valence-corrected chi connectivity index (χ3v) is 6.48. The van der Waals surface area contributed by atoms with E-state index < -0.39 is 0 Å². The molecule has 118 valence electrons. The maximum absolute atomic E-state index is 2.71. The fraction of sp³-hybridized carbons (Fsp3) is 0.474. The van der Waals surface area contributed by atoms with Gasteiger partial charge < -0.3 is 0 Å². The molecule has 1 aliphatic rings. The van der Waals surface area contributed by atoms with Gasteiger partial charge in [-0.2, -0.15) is 0 Å². The Hall–Kier alpha value is -0.770. The standard InChI is InChI=1S/C19H25NS2/c1-15-11-13-22-19(15)18-6-4-3-5-12-20(18)14-16-7-9-17(21-2)10-8-16/h7-11,13,18H,3-6,12,14H2,1-2H3/t18-/m1/s1. The predicted octanol–water partition coefficient (Wildman–Crippen LogP) is 5.90. The average Bonchev–Trinajstić information content (AvgIpc) is 2.83. The van der Waals surface area contributed by atoms with Gasteiger partial charge in [0.05, 0.1) is 0 Å². The smallest absolute Gasteiger partial charge is 0.0447 e. The molecule has 0 saturated carbocycles. The van der Waals surface area contributed by atoms with E-state index in [0.29, 0.717) is 6.04 Å². The Morgan fingerprint density at radius 2 is 1.95 bits per heavy atom. The van der Waals surface area contributed by atoms with Gasteiger partial charge in [-0.3, -0.25) is 4.90 Å². The molecular formula is C19H25NS2. The zero-order valence-corrected chi connectivity index (χ0v) is 15.2. The first-order valence-corrected chi connectivity index (χ1v) is 10.3. The van der Waals surface area contributed by atoms with Crippen molar-refractivity contribution in [3.8, 4) is 0 Å². The fourth-order valence-electron chi connectivity index (χ4n) is 3.35. The summed E-state index contributed by atoms with van der Waals surface area (Å²) in [5.41, 5.74) is 2.92. The van der Waals surface area contributed by atoms with Crippen LogP contribution in [0.4, 0.5) is 0 Å². The van der Waals surface area contributed by atoms with Gasteiger partial charge in [-0.05, 0) is 67.3 Å². The lowest BCUT2D eigenvalue weighted by Gasteiger charge is -2.30. The zero-order chi connectivity index (χ0) is 15.4. The van der Waals surface area contributed by atoms with Crippen LogP contribution in [0.25, 0.3) is 0 Å². The van der Waals surface area contributed by atoms with Crippen molar-refractivity contribution < 1.29 is 0 Å². The van der Waals surface area contributed by atoms with Crippen LogP contribution in [0.5, 0.6) is 0 Å². The molecule has 1 aromatic heterocycles. The Bertz CT molecular complexity index is 588. The van der Waals surface area contributed by atoms with E-state index in [1.165, 1.54) is 48.3 Å². The summed E-state index contributed by atoms with van der Waals surface area (Å²) in [5.74, 6) is 0. The van der Waals surface area contributed by atoms with E-state index in [-0.39, 0.29) is 0 Å². The van der Waals surface area contributed by atoms with Gasteiger partial charge >= 0.3 is 0 Å². The molecule has 3 rings (SSSR count). The SMILES string of the molecule is CSc1ccc(CN2CCCCC[C@@H]2c2sccc2C)cc1. The second-order valence-electron chi connectivity index (χ2n) is 6.15. The van der Waals surface area contributed by atoms with E-state index in [9.17, 15) is 0 Å². The quantitative estimate of drug-likeness (QED) is 0.642. The summed E-state index contributed by atoms with van der Waals surface area (Å²) in [7, 11) is 0. The van der Waals surface area contributed by atoms with Crippen molar-refractivity contribution in [3.63, 3.8) is 0 Å². The predicted molar refractivity (Wildman–Crippen MR) is 98.9 cm³/mol. The van der Waals surface area contributed by atoms with E-state index >= 15 is 0 Å². The lowest BCUT2D eigenvalue weighted by atomic mass is 10.0. The highest BCUT2D eigenvalue weighted by Gasteiger charge is 2.24. The highest BCUT2D eigenvalue weighted by Crippen LogP contribution is 2.36. The third-order valence-electron chi connectivity index (χ3n) is 4.61. The summed E-state index contributed by atoms with van der Waals surface area (Å²) in [4.78, 5) is 5.65. The van der Waals surface area contributed by atoms with Gasteiger partial charge in [0.25, 0.3) is 0 Å². The molecule has 0 radical (unpaired) electrons. The highest BCUT2D eigenvalue weighted by molar-refractivity contribution is 7.98. The summed E-state index contributed by atoms with van der Waals surface area (Å²) in [6.45, 7) is 4.57. The molecule has 0 unspecified atom stereocenters. The van der Waals surface area contributed by atoms with Crippen LogP contribution in [0.15, 0.2) is 40.6 Å². The first kappa shape index (κ1) is 16.1. The monoisotopic (exact) mass is 331 g/mol. The lowest BCUT2D eigenvalue weighted by Crippen LogP contribution is -2.28. The summed E-state index contributed by atoms with van der Waals surface area (Å²) in [6, 6.07) is 12.0. The molecule has 0 aliphatic carbocycles. The zero-order valence-electron chi connectivity index (χ0n) is 13.5. The number of hydrogen-bond acceptors (Lipinski definition) is 3. The molecule has 2 aromatic rings. The van der Waals surface area contributed by atoms with Crippen molar-refractivity contribution >= 4 is 23.1 Å². The van der Waals surface area contributed by atoms with Crippen LogP contribution >= 0.6 is 23.1 Å². The summed E-state index contributed by atoms with van der Waals surface area (Å²) in [6.07, 6.45) is 7.53. The molecule has 0 N–H and O–H groups in total. The number of aryl methyl sites for hydroxylation is 1. The van der Waals surface area contributed by atoms with Gasteiger partial charge in [-0.25, -0.2) is 0 Å². The first-order chi connectivity index (χ1) is 10.8. The molecule has 1 fully saturated rings. The number of rotatable bonds is 4.